The molecule has 0 aliphatic rings. The molecule has 1 atom stereocenters. The van der Waals surface area contributed by atoms with Crippen molar-refractivity contribution < 1.29 is 13.2 Å². The normalized spacial score (nSPS) is 12.9. The minimum Gasteiger partial charge on any atom is -0.297 e. The maximum Gasteiger partial charge on any atom is 0.242 e. The van der Waals surface area contributed by atoms with Gasteiger partial charge in [0, 0.05) is 6.42 Å². The van der Waals surface area contributed by atoms with E-state index in [0.717, 1.165) is 22.3 Å². The first kappa shape index (κ1) is 26.8. The zero-order valence-electron chi connectivity index (χ0n) is 21.6. The average Bonchev–Trinajstić information content (AvgIpc) is 2.82. The van der Waals surface area contributed by atoms with E-state index in [-0.39, 0.29) is 30.0 Å². The van der Waals surface area contributed by atoms with Gasteiger partial charge in [-0.25, -0.2) is 8.42 Å². The van der Waals surface area contributed by atoms with Crippen LogP contribution in [0.1, 0.15) is 93.2 Å². The summed E-state index contributed by atoms with van der Waals surface area (Å²) in [5, 5.41) is 0. The maximum atomic E-state index is 14.0. The van der Waals surface area contributed by atoms with Gasteiger partial charge in [-0.1, -0.05) is 114 Å². The topological polar surface area (TPSA) is 63.2 Å². The van der Waals surface area contributed by atoms with Crippen molar-refractivity contribution in [2.75, 3.05) is 0 Å². The van der Waals surface area contributed by atoms with E-state index in [0.29, 0.717) is 10.5 Å². The highest BCUT2D eigenvalue weighted by Gasteiger charge is 2.32. The first-order chi connectivity index (χ1) is 16.5. The minimum atomic E-state index is -4.01. The third-order valence-corrected chi connectivity index (χ3v) is 7.85. The van der Waals surface area contributed by atoms with Crippen LogP contribution < -0.4 is 4.72 Å². The lowest BCUT2D eigenvalue weighted by Gasteiger charge is -2.25. The zero-order valence-corrected chi connectivity index (χ0v) is 22.4. The monoisotopic (exact) mass is 491 g/mol. The predicted octanol–water partition coefficient (Wildman–Crippen LogP) is 6.89. The Morgan fingerprint density at radius 1 is 0.714 bits per heavy atom. The van der Waals surface area contributed by atoms with E-state index in [4.69, 9.17) is 0 Å². The van der Waals surface area contributed by atoms with E-state index in [1.807, 2.05) is 88.4 Å². The molecule has 3 aromatic rings. The number of rotatable bonds is 10. The van der Waals surface area contributed by atoms with E-state index in [1.165, 1.54) is 0 Å². The standard InChI is InChI=1S/C30H37NO3S/c1-20(2)25-18-26(21(3)4)30(27(19-25)22(5)6)35(33,34)31-29(24-15-11-8-12-16-24)28(32)17-23-13-9-7-10-14-23/h7-16,18-22,29,31H,17H2,1-6H3. The lowest BCUT2D eigenvalue weighted by molar-refractivity contribution is -0.120. The minimum absolute atomic E-state index is 0.00738. The third-order valence-electron chi connectivity index (χ3n) is 6.30. The van der Waals surface area contributed by atoms with Crippen LogP contribution in [0.15, 0.2) is 77.7 Å². The number of hydrogen-bond acceptors (Lipinski definition) is 3. The molecule has 3 aromatic carbocycles. The van der Waals surface area contributed by atoms with Crippen LogP contribution in [0.4, 0.5) is 0 Å². The third kappa shape index (κ3) is 6.47. The van der Waals surface area contributed by atoms with Gasteiger partial charge in [0.15, 0.2) is 5.78 Å². The second-order valence-electron chi connectivity index (χ2n) is 10.1. The fourth-order valence-electron chi connectivity index (χ4n) is 4.28. The molecule has 0 amide bonds. The number of Topliss-reactive ketones (excluding diaryl/α,β-unsaturated/α-hetero) is 1. The molecule has 0 fully saturated rings. The average molecular weight is 492 g/mol. The molecule has 0 aromatic heterocycles. The summed E-state index contributed by atoms with van der Waals surface area (Å²) in [5.41, 5.74) is 4.18. The highest BCUT2D eigenvalue weighted by Crippen LogP contribution is 2.36. The molecule has 0 aliphatic carbocycles. The van der Waals surface area contributed by atoms with Gasteiger partial charge in [0.1, 0.15) is 6.04 Å². The number of carbonyl (C=O) groups excluding carboxylic acids is 1. The Kier molecular flexibility index (Phi) is 8.68. The summed E-state index contributed by atoms with van der Waals surface area (Å²) >= 11 is 0. The van der Waals surface area contributed by atoms with Crippen LogP contribution in [0.5, 0.6) is 0 Å². The van der Waals surface area contributed by atoms with Crippen molar-refractivity contribution in [3.05, 3.63) is 101 Å². The molecule has 0 saturated carbocycles. The second-order valence-corrected chi connectivity index (χ2v) is 11.7. The largest absolute Gasteiger partial charge is 0.297 e. The van der Waals surface area contributed by atoms with Gasteiger partial charge in [-0.05, 0) is 45.6 Å². The fraction of sp³-hybridized carbons (Fsp3) is 0.367. The van der Waals surface area contributed by atoms with Gasteiger partial charge in [-0.3, -0.25) is 4.79 Å². The number of ketones is 1. The van der Waals surface area contributed by atoms with Crippen LogP contribution in [0.25, 0.3) is 0 Å². The van der Waals surface area contributed by atoms with Crippen LogP contribution in [0.3, 0.4) is 0 Å². The van der Waals surface area contributed by atoms with Crippen LogP contribution in [0.2, 0.25) is 0 Å². The molecule has 0 saturated heterocycles. The van der Waals surface area contributed by atoms with Gasteiger partial charge in [-0.15, -0.1) is 0 Å². The smallest absolute Gasteiger partial charge is 0.242 e. The number of benzene rings is 3. The van der Waals surface area contributed by atoms with Crippen molar-refractivity contribution in [1.29, 1.82) is 0 Å². The van der Waals surface area contributed by atoms with E-state index < -0.39 is 16.1 Å². The summed E-state index contributed by atoms with van der Waals surface area (Å²) in [5.74, 6) is 0.0992. The molecule has 0 heterocycles. The summed E-state index contributed by atoms with van der Waals surface area (Å²) in [4.78, 5) is 13.8. The van der Waals surface area contributed by atoms with E-state index in [1.54, 1.807) is 12.1 Å². The zero-order chi connectivity index (χ0) is 25.8. The Labute approximate surface area is 210 Å². The number of nitrogens with one attached hydrogen (secondary N) is 1. The van der Waals surface area contributed by atoms with Crippen molar-refractivity contribution in [2.24, 2.45) is 0 Å². The molecule has 0 radical (unpaired) electrons. The molecular weight excluding hydrogens is 454 g/mol. The summed E-state index contributed by atoms with van der Waals surface area (Å²) in [6.07, 6.45) is 0.142. The highest BCUT2D eigenvalue weighted by molar-refractivity contribution is 7.89. The molecular formula is C30H37NO3S. The molecule has 0 spiro atoms. The van der Waals surface area contributed by atoms with Crippen LogP contribution in [-0.4, -0.2) is 14.2 Å². The fourth-order valence-corrected chi connectivity index (χ4v) is 6.18. The maximum absolute atomic E-state index is 14.0. The molecule has 0 bridgehead atoms. The number of hydrogen-bond donors (Lipinski definition) is 1. The lowest BCUT2D eigenvalue weighted by atomic mass is 9.89. The van der Waals surface area contributed by atoms with Gasteiger partial charge >= 0.3 is 0 Å². The van der Waals surface area contributed by atoms with Crippen molar-refractivity contribution in [3.8, 4) is 0 Å². The molecule has 5 heteroatoms. The Balaban J connectivity index is 2.12. The van der Waals surface area contributed by atoms with Crippen molar-refractivity contribution in [1.82, 2.24) is 4.72 Å². The SMILES string of the molecule is CC(C)c1cc(C(C)C)c(S(=O)(=O)NC(C(=O)Cc2ccccc2)c2ccccc2)c(C(C)C)c1. The van der Waals surface area contributed by atoms with Gasteiger partial charge in [-0.2, -0.15) is 4.72 Å². The quantitative estimate of drug-likeness (QED) is 0.336. The summed E-state index contributed by atoms with van der Waals surface area (Å²) in [6.45, 7) is 12.3. The first-order valence-corrected chi connectivity index (χ1v) is 13.8. The Morgan fingerprint density at radius 2 is 1.20 bits per heavy atom. The van der Waals surface area contributed by atoms with Crippen molar-refractivity contribution in [3.63, 3.8) is 0 Å². The lowest BCUT2D eigenvalue weighted by Crippen LogP contribution is -2.36. The first-order valence-electron chi connectivity index (χ1n) is 12.3. The molecule has 35 heavy (non-hydrogen) atoms. The Morgan fingerprint density at radius 3 is 1.66 bits per heavy atom. The summed E-state index contributed by atoms with van der Waals surface area (Å²) < 4.78 is 30.9. The van der Waals surface area contributed by atoms with Gasteiger partial charge < -0.3 is 0 Å². The van der Waals surface area contributed by atoms with E-state index in [9.17, 15) is 13.2 Å². The molecule has 0 aliphatic heterocycles. The van der Waals surface area contributed by atoms with Gasteiger partial charge in [0.25, 0.3) is 0 Å². The molecule has 4 nitrogen and oxygen atoms in total. The van der Waals surface area contributed by atoms with Gasteiger partial charge in [0.05, 0.1) is 4.90 Å². The molecule has 3 rings (SSSR count). The highest BCUT2D eigenvalue weighted by atomic mass is 32.2. The second kappa shape index (κ2) is 11.3. The molecule has 186 valence electrons. The van der Waals surface area contributed by atoms with Gasteiger partial charge in [0.2, 0.25) is 10.0 Å². The van der Waals surface area contributed by atoms with E-state index in [2.05, 4.69) is 18.6 Å². The predicted molar refractivity (Wildman–Crippen MR) is 143 cm³/mol. The Hall–Kier alpha value is -2.76. The number of sulfonamides is 1. The van der Waals surface area contributed by atoms with Crippen LogP contribution in [0, 0.1) is 0 Å². The van der Waals surface area contributed by atoms with Crippen molar-refractivity contribution >= 4 is 15.8 Å². The number of carbonyl (C=O) groups is 1. The van der Waals surface area contributed by atoms with Crippen molar-refractivity contribution in [2.45, 2.75) is 76.7 Å². The molecule has 1 unspecified atom stereocenters. The molecule has 1 N–H and O–H groups in total. The van der Waals surface area contributed by atoms with E-state index >= 15 is 0 Å². The summed E-state index contributed by atoms with van der Waals surface area (Å²) in [6, 6.07) is 21.6. The van der Waals surface area contributed by atoms with Crippen LogP contribution >= 0.6 is 0 Å². The van der Waals surface area contributed by atoms with Crippen LogP contribution in [-0.2, 0) is 21.2 Å². The summed E-state index contributed by atoms with van der Waals surface area (Å²) in [7, 11) is -4.01. The Bertz CT molecular complexity index is 1220.